The largest absolute Gasteiger partial charge is 0.478 e. The van der Waals surface area contributed by atoms with Gasteiger partial charge in [-0.25, -0.2) is 4.79 Å². The summed E-state index contributed by atoms with van der Waals surface area (Å²) in [5.74, 6) is -0.955. The summed E-state index contributed by atoms with van der Waals surface area (Å²) in [4.78, 5) is 10.3. The van der Waals surface area contributed by atoms with Crippen LogP contribution in [0.1, 0.15) is 13.3 Å². The van der Waals surface area contributed by atoms with Crippen molar-refractivity contribution in [1.29, 1.82) is 0 Å². The summed E-state index contributed by atoms with van der Waals surface area (Å²) in [7, 11) is 1.47. The zero-order valence-electron chi connectivity index (χ0n) is 6.66. The lowest BCUT2D eigenvalue weighted by atomic mass is 10.2. The third-order valence-corrected chi connectivity index (χ3v) is 1.07. The second-order valence-corrected chi connectivity index (χ2v) is 1.87. The zero-order valence-corrected chi connectivity index (χ0v) is 6.66. The fourth-order valence-electron chi connectivity index (χ4n) is 0.488. The first-order valence-corrected chi connectivity index (χ1v) is 3.25. The summed E-state index contributed by atoms with van der Waals surface area (Å²) in [5, 5.41) is 8.48. The van der Waals surface area contributed by atoms with Crippen LogP contribution >= 0.6 is 0 Å². The summed E-state index contributed by atoms with van der Waals surface area (Å²) in [6, 6.07) is 0. The number of ether oxygens (including phenoxy) is 2. The zero-order chi connectivity index (χ0) is 8.69. The van der Waals surface area contributed by atoms with E-state index in [0.717, 1.165) is 0 Å². The van der Waals surface area contributed by atoms with E-state index in [2.05, 4.69) is 4.74 Å². The molecule has 0 saturated heterocycles. The van der Waals surface area contributed by atoms with Crippen molar-refractivity contribution in [3.8, 4) is 0 Å². The highest BCUT2D eigenvalue weighted by atomic mass is 16.7. The molecule has 0 unspecified atom stereocenters. The van der Waals surface area contributed by atoms with Gasteiger partial charge >= 0.3 is 5.97 Å². The number of carboxylic acids is 1. The maximum Gasteiger partial charge on any atom is 0.334 e. The third-order valence-electron chi connectivity index (χ3n) is 1.07. The van der Waals surface area contributed by atoms with Gasteiger partial charge in [0.2, 0.25) is 0 Å². The Balaban J connectivity index is 3.81. The lowest BCUT2D eigenvalue weighted by Gasteiger charge is -1.99. The molecule has 0 aromatic heterocycles. The van der Waals surface area contributed by atoms with E-state index in [4.69, 9.17) is 9.84 Å². The molecule has 0 amide bonds. The quantitative estimate of drug-likeness (QED) is 0.282. The SMILES string of the molecule is CCC(=COCOC)C(=O)O. The smallest absolute Gasteiger partial charge is 0.334 e. The van der Waals surface area contributed by atoms with Crippen molar-refractivity contribution >= 4 is 5.97 Å². The molecule has 0 aromatic carbocycles. The van der Waals surface area contributed by atoms with Crippen molar-refractivity contribution in [2.75, 3.05) is 13.9 Å². The van der Waals surface area contributed by atoms with Gasteiger partial charge in [-0.3, -0.25) is 0 Å². The van der Waals surface area contributed by atoms with E-state index < -0.39 is 5.97 Å². The van der Waals surface area contributed by atoms with Crippen molar-refractivity contribution in [2.24, 2.45) is 0 Å². The van der Waals surface area contributed by atoms with Gasteiger partial charge in [-0.15, -0.1) is 0 Å². The lowest BCUT2D eigenvalue weighted by Crippen LogP contribution is -2.01. The molecule has 0 spiro atoms. The van der Waals surface area contributed by atoms with Crippen LogP contribution in [-0.2, 0) is 14.3 Å². The average Bonchev–Trinajstić information content (AvgIpc) is 1.97. The first-order chi connectivity index (χ1) is 5.22. The number of methoxy groups -OCH3 is 1. The molecule has 0 aliphatic rings. The predicted molar refractivity (Wildman–Crippen MR) is 39.0 cm³/mol. The molecular formula is C7H12O4. The van der Waals surface area contributed by atoms with Gasteiger partial charge in [0.1, 0.15) is 0 Å². The van der Waals surface area contributed by atoms with Crippen LogP contribution in [0.2, 0.25) is 0 Å². The molecule has 0 radical (unpaired) electrons. The topological polar surface area (TPSA) is 55.8 Å². The van der Waals surface area contributed by atoms with Crippen molar-refractivity contribution in [2.45, 2.75) is 13.3 Å². The standard InChI is InChI=1S/C7H12O4/c1-3-6(7(8)9)4-11-5-10-2/h4H,3,5H2,1-2H3,(H,8,9). The second kappa shape index (κ2) is 5.73. The Morgan fingerprint density at radius 1 is 1.64 bits per heavy atom. The first-order valence-electron chi connectivity index (χ1n) is 3.25. The van der Waals surface area contributed by atoms with Gasteiger partial charge in [0.05, 0.1) is 11.8 Å². The molecule has 0 heterocycles. The molecule has 0 rings (SSSR count). The predicted octanol–water partition coefficient (Wildman–Crippen LogP) is 0.985. The van der Waals surface area contributed by atoms with Crippen molar-refractivity contribution in [3.05, 3.63) is 11.8 Å². The molecule has 0 aromatic rings. The molecule has 11 heavy (non-hydrogen) atoms. The van der Waals surface area contributed by atoms with Gasteiger partial charge < -0.3 is 14.6 Å². The van der Waals surface area contributed by atoms with E-state index in [-0.39, 0.29) is 12.4 Å². The van der Waals surface area contributed by atoms with Gasteiger partial charge in [-0.1, -0.05) is 6.92 Å². The van der Waals surface area contributed by atoms with Crippen LogP contribution in [0, 0.1) is 0 Å². The van der Waals surface area contributed by atoms with Crippen LogP contribution in [0.4, 0.5) is 0 Å². The van der Waals surface area contributed by atoms with E-state index >= 15 is 0 Å². The monoisotopic (exact) mass is 160 g/mol. The fraction of sp³-hybridized carbons (Fsp3) is 0.571. The van der Waals surface area contributed by atoms with Crippen LogP contribution in [-0.4, -0.2) is 25.0 Å². The summed E-state index contributed by atoms with van der Waals surface area (Å²) in [6.07, 6.45) is 1.64. The van der Waals surface area contributed by atoms with Crippen LogP contribution in [0.3, 0.4) is 0 Å². The molecule has 0 atom stereocenters. The Kier molecular flexibility index (Phi) is 5.20. The van der Waals surface area contributed by atoms with Crippen molar-refractivity contribution in [3.63, 3.8) is 0 Å². The summed E-state index contributed by atoms with van der Waals surface area (Å²) < 4.78 is 9.29. The van der Waals surface area contributed by atoms with E-state index in [0.29, 0.717) is 6.42 Å². The molecule has 0 aliphatic carbocycles. The molecule has 0 saturated carbocycles. The molecule has 0 aliphatic heterocycles. The van der Waals surface area contributed by atoms with Crippen molar-refractivity contribution < 1.29 is 19.4 Å². The number of hydrogen-bond acceptors (Lipinski definition) is 3. The fourth-order valence-corrected chi connectivity index (χ4v) is 0.488. The number of hydrogen-bond donors (Lipinski definition) is 1. The van der Waals surface area contributed by atoms with E-state index in [1.807, 2.05) is 0 Å². The highest BCUT2D eigenvalue weighted by molar-refractivity contribution is 5.86. The van der Waals surface area contributed by atoms with Crippen LogP contribution in [0.25, 0.3) is 0 Å². The lowest BCUT2D eigenvalue weighted by molar-refractivity contribution is -0.133. The van der Waals surface area contributed by atoms with Crippen molar-refractivity contribution in [1.82, 2.24) is 0 Å². The molecule has 0 bridgehead atoms. The maximum absolute atomic E-state index is 10.3. The second-order valence-electron chi connectivity index (χ2n) is 1.87. The Hall–Kier alpha value is -1.03. The molecule has 4 heteroatoms. The van der Waals surface area contributed by atoms with Gasteiger partial charge in [-0.2, -0.15) is 0 Å². The van der Waals surface area contributed by atoms with Gasteiger partial charge in [0.25, 0.3) is 0 Å². The molecular weight excluding hydrogens is 148 g/mol. The minimum atomic E-state index is -0.955. The summed E-state index contributed by atoms with van der Waals surface area (Å²) in [6.45, 7) is 1.83. The number of rotatable bonds is 5. The summed E-state index contributed by atoms with van der Waals surface area (Å²) >= 11 is 0. The van der Waals surface area contributed by atoms with Crippen LogP contribution < -0.4 is 0 Å². The van der Waals surface area contributed by atoms with Gasteiger partial charge in [0.15, 0.2) is 6.79 Å². The first kappa shape index (κ1) is 9.97. The number of carbonyl (C=O) groups is 1. The highest BCUT2D eigenvalue weighted by Crippen LogP contribution is 2.00. The average molecular weight is 160 g/mol. The van der Waals surface area contributed by atoms with Gasteiger partial charge in [0, 0.05) is 7.11 Å². The Morgan fingerprint density at radius 2 is 2.27 bits per heavy atom. The minimum Gasteiger partial charge on any atom is -0.478 e. The maximum atomic E-state index is 10.3. The normalized spacial score (nSPS) is 11.3. The van der Waals surface area contributed by atoms with Crippen LogP contribution in [0.5, 0.6) is 0 Å². The molecule has 4 nitrogen and oxygen atoms in total. The van der Waals surface area contributed by atoms with E-state index in [1.54, 1.807) is 6.92 Å². The van der Waals surface area contributed by atoms with E-state index in [1.165, 1.54) is 13.4 Å². The molecule has 1 N–H and O–H groups in total. The third kappa shape index (κ3) is 4.38. The Labute approximate surface area is 65.4 Å². The summed E-state index contributed by atoms with van der Waals surface area (Å²) in [5.41, 5.74) is 0.238. The highest BCUT2D eigenvalue weighted by Gasteiger charge is 2.03. The number of carboxylic acid groups (broad SMARTS) is 1. The van der Waals surface area contributed by atoms with Crippen LogP contribution in [0.15, 0.2) is 11.8 Å². The van der Waals surface area contributed by atoms with E-state index in [9.17, 15) is 4.79 Å². The molecule has 64 valence electrons. The Bertz CT molecular complexity index is 151. The molecule has 0 fully saturated rings. The van der Waals surface area contributed by atoms with Gasteiger partial charge in [-0.05, 0) is 6.42 Å². The number of aliphatic carboxylic acids is 1. The Morgan fingerprint density at radius 3 is 2.64 bits per heavy atom. The minimum absolute atomic E-state index is 0.0801.